The zero-order valence-corrected chi connectivity index (χ0v) is 11.7. The molecule has 0 N–H and O–H groups in total. The molecule has 9 heavy (non-hydrogen) atoms. The van der Waals surface area contributed by atoms with Gasteiger partial charge in [-0.3, -0.25) is 0 Å². The molecule has 0 aliphatic rings. The molecule has 0 aromatic carbocycles. The Morgan fingerprint density at radius 2 is 1.44 bits per heavy atom. The minimum atomic E-state index is -3.47. The summed E-state index contributed by atoms with van der Waals surface area (Å²) < 4.78 is 5.27. The second-order valence-corrected chi connectivity index (χ2v) is 26.0. The number of halogens is 3. The first kappa shape index (κ1) is 10.8. The number of rotatable bonds is 2. The molecule has 0 rings (SSSR count). The fraction of sp³-hybridized carbons (Fsp3) is 1.00. The van der Waals surface area contributed by atoms with Gasteiger partial charge in [0.25, 0.3) is 0 Å². The summed E-state index contributed by atoms with van der Waals surface area (Å²) in [6.45, 7) is 6.02. The van der Waals surface area contributed by atoms with Gasteiger partial charge in [0.15, 0.2) is 0 Å². The van der Waals surface area contributed by atoms with E-state index in [1.807, 2.05) is 19.6 Å². The van der Waals surface area contributed by atoms with E-state index in [-0.39, 0.29) is 0 Å². The quantitative estimate of drug-likeness (QED) is 0.712. The Balaban J connectivity index is 3.75. The second kappa shape index (κ2) is 3.50. The van der Waals surface area contributed by atoms with Crippen LogP contribution in [0.4, 0.5) is 0 Å². The van der Waals surface area contributed by atoms with Crippen molar-refractivity contribution in [1.82, 2.24) is 0 Å². The minimum absolute atomic E-state index is 1.60. The molecule has 0 unspecified atom stereocenters. The Morgan fingerprint density at radius 3 is 1.44 bits per heavy atom. The normalized spacial score (nSPS) is 14.0. The van der Waals surface area contributed by atoms with E-state index in [2.05, 4.69) is 0 Å². The van der Waals surface area contributed by atoms with Crippen LogP contribution in [0.3, 0.4) is 0 Å². The molecular weight excluding hydrogens is 305 g/mol. The van der Waals surface area contributed by atoms with Crippen molar-refractivity contribution in [3.63, 3.8) is 0 Å². The summed E-state index contributed by atoms with van der Waals surface area (Å²) in [5.74, 6) is 0. The van der Waals surface area contributed by atoms with E-state index in [0.717, 1.165) is 0 Å². The Kier molecular flexibility index (Phi) is 4.21. The molecule has 0 aliphatic carbocycles. The first-order valence-corrected chi connectivity index (χ1v) is 17.9. The maximum absolute atomic E-state index is 5.57. The van der Waals surface area contributed by atoms with E-state index in [1.54, 1.807) is 0 Å². The van der Waals surface area contributed by atoms with Gasteiger partial charge in [-0.25, -0.2) is 0 Å². The summed E-state index contributed by atoms with van der Waals surface area (Å²) in [7, 11) is 15.1. The SMILES string of the molecule is C[Si](C)(C)[O][Sn]([Cl])([Cl])[Cl]. The summed E-state index contributed by atoms with van der Waals surface area (Å²) in [4.78, 5) is 0. The van der Waals surface area contributed by atoms with Crippen LogP contribution in [0.5, 0.6) is 0 Å². The molecule has 0 saturated carbocycles. The molecule has 0 heterocycles. The van der Waals surface area contributed by atoms with Crippen molar-refractivity contribution in [2.45, 2.75) is 19.6 Å². The van der Waals surface area contributed by atoms with Gasteiger partial charge in [-0.05, 0) is 0 Å². The topological polar surface area (TPSA) is 9.23 Å². The first-order valence-electron chi connectivity index (χ1n) is 2.48. The monoisotopic (exact) mass is 314 g/mol. The first-order chi connectivity index (χ1) is 3.71. The third-order valence-electron chi connectivity index (χ3n) is 0.422. The molecule has 0 aliphatic heterocycles. The van der Waals surface area contributed by atoms with Crippen molar-refractivity contribution >= 4 is 50.5 Å². The molecule has 0 saturated heterocycles. The van der Waals surface area contributed by atoms with Crippen LogP contribution in [0.15, 0.2) is 0 Å². The van der Waals surface area contributed by atoms with Crippen LogP contribution >= 0.6 is 26.8 Å². The molecule has 6 heteroatoms. The zero-order chi connectivity index (χ0) is 7.71. The van der Waals surface area contributed by atoms with E-state index in [1.165, 1.54) is 0 Å². The van der Waals surface area contributed by atoms with E-state index in [4.69, 9.17) is 29.5 Å². The predicted octanol–water partition coefficient (Wildman–Crippen LogP) is 2.99. The van der Waals surface area contributed by atoms with E-state index in [9.17, 15) is 0 Å². The number of hydrogen-bond acceptors (Lipinski definition) is 1. The summed E-state index contributed by atoms with van der Waals surface area (Å²) in [5.41, 5.74) is 0. The Labute approximate surface area is 72.3 Å². The molecule has 1 nitrogen and oxygen atoms in total. The van der Waals surface area contributed by atoms with Gasteiger partial charge in [0.2, 0.25) is 0 Å². The van der Waals surface area contributed by atoms with Crippen LogP contribution in [-0.4, -0.2) is 23.7 Å². The molecular formula is C3H9Cl3OSiSn. The van der Waals surface area contributed by atoms with E-state index >= 15 is 0 Å². The van der Waals surface area contributed by atoms with Gasteiger partial charge < -0.3 is 0 Å². The molecule has 0 fully saturated rings. The zero-order valence-electron chi connectivity index (χ0n) is 5.54. The van der Waals surface area contributed by atoms with Crippen molar-refractivity contribution in [1.29, 1.82) is 0 Å². The van der Waals surface area contributed by atoms with Crippen LogP contribution in [0.25, 0.3) is 0 Å². The summed E-state index contributed by atoms with van der Waals surface area (Å²) in [6, 6.07) is 0. The van der Waals surface area contributed by atoms with Crippen LogP contribution in [0.1, 0.15) is 0 Å². The van der Waals surface area contributed by atoms with Gasteiger partial charge in [0, 0.05) is 0 Å². The van der Waals surface area contributed by atoms with Crippen molar-refractivity contribution < 1.29 is 2.76 Å². The van der Waals surface area contributed by atoms with Gasteiger partial charge in [-0.2, -0.15) is 0 Å². The molecule has 0 aromatic rings. The fourth-order valence-electron chi connectivity index (χ4n) is 0.347. The third kappa shape index (κ3) is 9.85. The molecule has 0 spiro atoms. The van der Waals surface area contributed by atoms with Gasteiger partial charge >= 0.3 is 72.9 Å². The molecule has 0 aromatic heterocycles. The summed E-state index contributed by atoms with van der Waals surface area (Å²) in [6.07, 6.45) is 0. The van der Waals surface area contributed by atoms with E-state index < -0.39 is 23.7 Å². The molecule has 0 atom stereocenters. The van der Waals surface area contributed by atoms with Crippen LogP contribution < -0.4 is 0 Å². The average Bonchev–Trinajstić information content (AvgIpc) is 1.14. The summed E-state index contributed by atoms with van der Waals surface area (Å²) in [5, 5.41) is 0. The predicted molar refractivity (Wildman–Crippen MR) is 47.7 cm³/mol. The average molecular weight is 314 g/mol. The van der Waals surface area contributed by atoms with Gasteiger partial charge in [0.1, 0.15) is 0 Å². The Hall–Kier alpha value is 1.85. The van der Waals surface area contributed by atoms with E-state index in [0.29, 0.717) is 0 Å². The fourth-order valence-corrected chi connectivity index (χ4v) is 21.0. The van der Waals surface area contributed by atoms with Crippen molar-refractivity contribution in [2.75, 3.05) is 0 Å². The maximum atomic E-state index is 5.57. The van der Waals surface area contributed by atoms with Crippen molar-refractivity contribution in [2.24, 2.45) is 0 Å². The van der Waals surface area contributed by atoms with Gasteiger partial charge in [-0.15, -0.1) is 0 Å². The summed E-state index contributed by atoms with van der Waals surface area (Å²) >= 11 is -3.47. The van der Waals surface area contributed by atoms with Crippen molar-refractivity contribution in [3.05, 3.63) is 0 Å². The third-order valence-corrected chi connectivity index (χ3v) is 13.1. The van der Waals surface area contributed by atoms with Crippen LogP contribution in [0.2, 0.25) is 19.6 Å². The second-order valence-electron chi connectivity index (χ2n) is 2.66. The molecule has 0 amide bonds. The van der Waals surface area contributed by atoms with Crippen LogP contribution in [-0.2, 0) is 2.76 Å². The van der Waals surface area contributed by atoms with Crippen LogP contribution in [0, 0.1) is 0 Å². The number of hydrogen-bond donors (Lipinski definition) is 0. The Morgan fingerprint density at radius 1 is 1.11 bits per heavy atom. The van der Waals surface area contributed by atoms with Crippen molar-refractivity contribution in [3.8, 4) is 0 Å². The molecule has 0 radical (unpaired) electrons. The Bertz CT molecular complexity index is 84.2. The molecule has 0 bridgehead atoms. The van der Waals surface area contributed by atoms with Gasteiger partial charge in [-0.1, -0.05) is 0 Å². The van der Waals surface area contributed by atoms with Gasteiger partial charge in [0.05, 0.1) is 0 Å². The standard InChI is InChI=1S/C3H9OSi.3ClH.Sn/c1-5(2,3)4;;;;/h1-3H3;3*1H;/q-1;;;;+4/p-3. The molecule has 56 valence electrons.